The number of aryl methyl sites for hydroxylation is 2. The number of fused-ring (bicyclic) bond motifs is 3. The molecule has 0 saturated heterocycles. The van der Waals surface area contributed by atoms with Crippen molar-refractivity contribution in [2.75, 3.05) is 0 Å². The van der Waals surface area contributed by atoms with Crippen LogP contribution in [-0.4, -0.2) is 0 Å². The highest BCUT2D eigenvalue weighted by molar-refractivity contribution is 5.95. The second-order valence-corrected chi connectivity index (χ2v) is 4.65. The summed E-state index contributed by atoms with van der Waals surface area (Å²) in [5, 5.41) is 5.62. The van der Waals surface area contributed by atoms with E-state index in [1.807, 2.05) is 19.1 Å². The van der Waals surface area contributed by atoms with Crippen molar-refractivity contribution >= 4 is 16.8 Å². The summed E-state index contributed by atoms with van der Waals surface area (Å²) >= 11 is 0. The summed E-state index contributed by atoms with van der Waals surface area (Å²) in [6.45, 7) is 4.14. The van der Waals surface area contributed by atoms with Crippen LogP contribution in [0.15, 0.2) is 35.5 Å². The Hall–Kier alpha value is -1.96. The van der Waals surface area contributed by atoms with Crippen LogP contribution in [0.25, 0.3) is 16.8 Å². The molecule has 0 amide bonds. The molecule has 2 aromatic rings. The molecular weight excluding hydrogens is 210 g/mol. The number of rotatable bonds is 1. The molecular formula is C15H13NO. The fourth-order valence-corrected chi connectivity index (χ4v) is 2.66. The highest BCUT2D eigenvalue weighted by Gasteiger charge is 2.22. The Morgan fingerprint density at radius 1 is 1.18 bits per heavy atom. The van der Waals surface area contributed by atoms with Gasteiger partial charge in [0.15, 0.2) is 0 Å². The minimum absolute atomic E-state index is 0.310. The predicted octanol–water partition coefficient (Wildman–Crippen LogP) is 4.29. The zero-order valence-electron chi connectivity index (χ0n) is 9.90. The molecule has 0 N–H and O–H groups in total. The molecule has 84 valence electrons. The molecule has 0 heterocycles. The average Bonchev–Trinajstić information content (AvgIpc) is 2.73. The van der Waals surface area contributed by atoms with Crippen molar-refractivity contribution in [3.8, 4) is 0 Å². The van der Waals surface area contributed by atoms with Gasteiger partial charge in [0.2, 0.25) is 0 Å². The molecule has 1 aliphatic carbocycles. The Kier molecular flexibility index (Phi) is 2.11. The van der Waals surface area contributed by atoms with Gasteiger partial charge in [-0.25, -0.2) is 0 Å². The van der Waals surface area contributed by atoms with Crippen LogP contribution in [0.5, 0.6) is 0 Å². The van der Waals surface area contributed by atoms with Crippen LogP contribution in [0.1, 0.15) is 28.3 Å². The Morgan fingerprint density at radius 3 is 2.76 bits per heavy atom. The van der Waals surface area contributed by atoms with Gasteiger partial charge in [-0.15, -0.1) is 4.91 Å². The minimum Gasteiger partial charge on any atom is -0.150 e. The number of nitrogens with zero attached hydrogens (tertiary/aromatic N) is 1. The maximum absolute atomic E-state index is 10.8. The van der Waals surface area contributed by atoms with Crippen molar-refractivity contribution in [1.82, 2.24) is 0 Å². The minimum atomic E-state index is -0.310. The lowest BCUT2D eigenvalue weighted by Gasteiger charge is -2.11. The summed E-state index contributed by atoms with van der Waals surface area (Å²) in [5.41, 5.74) is 4.62. The van der Waals surface area contributed by atoms with E-state index >= 15 is 0 Å². The summed E-state index contributed by atoms with van der Waals surface area (Å²) in [4.78, 5) is 10.8. The molecule has 0 spiro atoms. The Balaban J connectivity index is 2.40. The topological polar surface area (TPSA) is 29.4 Å². The summed E-state index contributed by atoms with van der Waals surface area (Å²) in [6, 6.07) is 8.24. The third-order valence-electron chi connectivity index (χ3n) is 3.44. The van der Waals surface area contributed by atoms with Crippen molar-refractivity contribution in [2.45, 2.75) is 19.9 Å². The smallest absolute Gasteiger partial charge is 0.136 e. The van der Waals surface area contributed by atoms with E-state index in [4.69, 9.17) is 0 Å². The van der Waals surface area contributed by atoms with E-state index in [1.54, 1.807) is 0 Å². The van der Waals surface area contributed by atoms with E-state index in [-0.39, 0.29) is 6.04 Å². The summed E-state index contributed by atoms with van der Waals surface area (Å²) < 4.78 is 0. The lowest BCUT2D eigenvalue weighted by molar-refractivity contribution is 0.911. The van der Waals surface area contributed by atoms with Crippen LogP contribution < -0.4 is 0 Å². The summed E-state index contributed by atoms with van der Waals surface area (Å²) in [6.07, 6.45) is 3.90. The SMILES string of the molecule is Cc1ccc2c3c(c(C)cc2c1)C(N=O)C=C3. The summed E-state index contributed by atoms with van der Waals surface area (Å²) in [5.74, 6) is 0. The molecule has 1 atom stereocenters. The van der Waals surface area contributed by atoms with Gasteiger partial charge in [-0.3, -0.25) is 0 Å². The Morgan fingerprint density at radius 2 is 2.00 bits per heavy atom. The first-order valence-electron chi connectivity index (χ1n) is 5.75. The van der Waals surface area contributed by atoms with Crippen molar-refractivity contribution < 1.29 is 0 Å². The first-order valence-corrected chi connectivity index (χ1v) is 5.75. The van der Waals surface area contributed by atoms with Gasteiger partial charge in [0, 0.05) is 0 Å². The highest BCUT2D eigenvalue weighted by atomic mass is 16.3. The van der Waals surface area contributed by atoms with Crippen molar-refractivity contribution in [3.63, 3.8) is 0 Å². The second kappa shape index (κ2) is 3.52. The number of benzene rings is 2. The quantitative estimate of drug-likeness (QED) is 0.663. The molecule has 0 aromatic heterocycles. The highest BCUT2D eigenvalue weighted by Crippen LogP contribution is 2.38. The molecule has 0 fully saturated rings. The van der Waals surface area contributed by atoms with Gasteiger partial charge >= 0.3 is 0 Å². The zero-order chi connectivity index (χ0) is 12.0. The molecule has 0 radical (unpaired) electrons. The fourth-order valence-electron chi connectivity index (χ4n) is 2.66. The predicted molar refractivity (Wildman–Crippen MR) is 71.0 cm³/mol. The molecule has 0 bridgehead atoms. The normalized spacial score (nSPS) is 17.4. The first kappa shape index (κ1) is 10.2. The third-order valence-corrected chi connectivity index (χ3v) is 3.44. The largest absolute Gasteiger partial charge is 0.150 e. The van der Waals surface area contributed by atoms with Crippen LogP contribution in [0, 0.1) is 18.8 Å². The van der Waals surface area contributed by atoms with E-state index in [2.05, 4.69) is 36.4 Å². The maximum atomic E-state index is 10.8. The van der Waals surface area contributed by atoms with Crippen LogP contribution in [0.2, 0.25) is 0 Å². The van der Waals surface area contributed by atoms with Crippen molar-refractivity contribution in [1.29, 1.82) is 0 Å². The number of hydrogen-bond donors (Lipinski definition) is 0. The van der Waals surface area contributed by atoms with Crippen molar-refractivity contribution in [2.24, 2.45) is 5.18 Å². The van der Waals surface area contributed by atoms with Crippen LogP contribution in [0.4, 0.5) is 0 Å². The molecule has 1 aliphatic rings. The third kappa shape index (κ3) is 1.41. The Labute approximate surface area is 99.9 Å². The lowest BCUT2D eigenvalue weighted by Crippen LogP contribution is -1.94. The Bertz CT molecular complexity index is 656. The van der Waals surface area contributed by atoms with E-state index in [9.17, 15) is 4.91 Å². The monoisotopic (exact) mass is 223 g/mol. The molecule has 17 heavy (non-hydrogen) atoms. The number of hydrogen-bond acceptors (Lipinski definition) is 2. The second-order valence-electron chi connectivity index (χ2n) is 4.65. The zero-order valence-corrected chi connectivity index (χ0v) is 9.90. The molecule has 3 rings (SSSR count). The van der Waals surface area contributed by atoms with Gasteiger partial charge < -0.3 is 0 Å². The van der Waals surface area contributed by atoms with Gasteiger partial charge in [0.25, 0.3) is 0 Å². The van der Waals surface area contributed by atoms with Gasteiger partial charge in [0.1, 0.15) is 6.04 Å². The lowest BCUT2D eigenvalue weighted by atomic mass is 9.94. The molecule has 2 aromatic carbocycles. The molecule has 0 saturated carbocycles. The summed E-state index contributed by atoms with van der Waals surface area (Å²) in [7, 11) is 0. The average molecular weight is 223 g/mol. The molecule has 0 aliphatic heterocycles. The van der Waals surface area contributed by atoms with Gasteiger partial charge in [-0.05, 0) is 41.3 Å². The molecule has 2 heteroatoms. The van der Waals surface area contributed by atoms with Gasteiger partial charge in [-0.2, -0.15) is 0 Å². The molecule has 2 nitrogen and oxygen atoms in total. The van der Waals surface area contributed by atoms with Gasteiger partial charge in [-0.1, -0.05) is 47.2 Å². The maximum Gasteiger partial charge on any atom is 0.136 e. The van der Waals surface area contributed by atoms with E-state index < -0.39 is 0 Å². The standard InChI is InChI=1S/C15H13NO/c1-9-3-4-12-11(7-9)8-10(2)15-13(12)5-6-14(15)16-17/h3-8,14H,1-2H3. The first-order chi connectivity index (χ1) is 8.20. The van der Waals surface area contributed by atoms with E-state index in [0.29, 0.717) is 0 Å². The van der Waals surface area contributed by atoms with Crippen LogP contribution >= 0.6 is 0 Å². The molecule has 1 unspecified atom stereocenters. The van der Waals surface area contributed by atoms with Gasteiger partial charge in [0.05, 0.1) is 0 Å². The van der Waals surface area contributed by atoms with Crippen molar-refractivity contribution in [3.05, 3.63) is 57.5 Å². The number of nitroso groups, excluding NO2 is 1. The van der Waals surface area contributed by atoms with Crippen LogP contribution in [-0.2, 0) is 0 Å². The fraction of sp³-hybridized carbons (Fsp3) is 0.200. The van der Waals surface area contributed by atoms with Crippen LogP contribution in [0.3, 0.4) is 0 Å². The van der Waals surface area contributed by atoms with E-state index in [1.165, 1.54) is 16.3 Å². The van der Waals surface area contributed by atoms with E-state index in [0.717, 1.165) is 16.7 Å².